The number of amides is 2. The van der Waals surface area contributed by atoms with Crippen molar-refractivity contribution in [3.05, 3.63) is 0 Å². The van der Waals surface area contributed by atoms with Gasteiger partial charge in [0.05, 0.1) is 12.5 Å². The Morgan fingerprint density at radius 2 is 1.71 bits per heavy atom. The third-order valence-corrected chi connectivity index (χ3v) is 5.78. The maximum atomic E-state index is 12.6. The Labute approximate surface area is 127 Å². The number of likely N-dealkylation sites (tertiary alicyclic amines) is 1. The molecule has 2 amide bonds. The quantitative estimate of drug-likeness (QED) is 0.814. The summed E-state index contributed by atoms with van der Waals surface area (Å²) in [5, 5.41) is 3.53. The van der Waals surface area contributed by atoms with Crippen molar-refractivity contribution >= 4 is 11.8 Å². The first-order chi connectivity index (χ1) is 9.99. The zero-order chi connectivity index (χ0) is 15.0. The molecule has 0 radical (unpaired) electrons. The molecular weight excluding hydrogens is 264 g/mol. The highest BCUT2D eigenvalue weighted by molar-refractivity contribution is 6.05. The number of nitrogens with zero attached hydrogens (tertiary/aromatic N) is 1. The monoisotopic (exact) mass is 292 g/mol. The molecule has 4 nitrogen and oxygen atoms in total. The van der Waals surface area contributed by atoms with Crippen molar-refractivity contribution in [1.29, 1.82) is 0 Å². The maximum Gasteiger partial charge on any atom is 0.247 e. The van der Waals surface area contributed by atoms with Gasteiger partial charge in [-0.1, -0.05) is 39.5 Å². The van der Waals surface area contributed by atoms with Crippen molar-refractivity contribution in [3.63, 3.8) is 0 Å². The minimum atomic E-state index is -0.277. The van der Waals surface area contributed by atoms with Crippen LogP contribution >= 0.6 is 0 Å². The van der Waals surface area contributed by atoms with E-state index in [9.17, 15) is 9.59 Å². The van der Waals surface area contributed by atoms with Crippen molar-refractivity contribution in [2.75, 3.05) is 0 Å². The highest BCUT2D eigenvalue weighted by atomic mass is 16.2. The average molecular weight is 292 g/mol. The molecule has 2 aliphatic carbocycles. The van der Waals surface area contributed by atoms with Gasteiger partial charge >= 0.3 is 0 Å². The zero-order valence-electron chi connectivity index (χ0n) is 13.4. The Balaban J connectivity index is 1.66. The van der Waals surface area contributed by atoms with Crippen LogP contribution in [0.1, 0.15) is 71.6 Å². The molecule has 3 rings (SSSR count). The van der Waals surface area contributed by atoms with Crippen molar-refractivity contribution < 1.29 is 9.59 Å². The maximum absolute atomic E-state index is 12.6. The topological polar surface area (TPSA) is 49.4 Å². The molecule has 2 atom stereocenters. The smallest absolute Gasteiger partial charge is 0.247 e. The molecule has 4 heteroatoms. The Hall–Kier alpha value is -0.900. The van der Waals surface area contributed by atoms with Gasteiger partial charge in [0.25, 0.3) is 0 Å². The van der Waals surface area contributed by atoms with Crippen LogP contribution in [0, 0.1) is 5.41 Å². The summed E-state index contributed by atoms with van der Waals surface area (Å²) in [7, 11) is 0. The second-order valence-electron chi connectivity index (χ2n) is 7.75. The van der Waals surface area contributed by atoms with Gasteiger partial charge in [0.15, 0.2) is 0 Å². The number of imide groups is 1. The predicted octanol–water partition coefficient (Wildman–Crippen LogP) is 2.61. The van der Waals surface area contributed by atoms with Crippen LogP contribution in [0.4, 0.5) is 0 Å². The van der Waals surface area contributed by atoms with Crippen LogP contribution in [-0.2, 0) is 9.59 Å². The standard InChI is InChI=1S/C17H28N2O2/c1-17(2)10-6-5-9-14(17)18-13-11-15(20)19(16(13)21)12-7-3-4-8-12/h12-14,18H,3-11H2,1-2H3. The van der Waals surface area contributed by atoms with E-state index in [0.717, 1.165) is 32.1 Å². The van der Waals surface area contributed by atoms with Crippen LogP contribution in [0.2, 0.25) is 0 Å². The van der Waals surface area contributed by atoms with Gasteiger partial charge in [-0.05, 0) is 31.1 Å². The van der Waals surface area contributed by atoms with Crippen molar-refractivity contribution in [3.8, 4) is 0 Å². The molecule has 118 valence electrons. The first-order valence-corrected chi connectivity index (χ1v) is 8.61. The molecule has 1 aliphatic heterocycles. The highest BCUT2D eigenvalue weighted by Gasteiger charge is 2.45. The lowest BCUT2D eigenvalue weighted by molar-refractivity contribution is -0.141. The summed E-state index contributed by atoms with van der Waals surface area (Å²) in [6.07, 6.45) is 9.48. The lowest BCUT2D eigenvalue weighted by Crippen LogP contribution is -2.51. The van der Waals surface area contributed by atoms with Crippen molar-refractivity contribution in [1.82, 2.24) is 10.2 Å². The zero-order valence-corrected chi connectivity index (χ0v) is 13.4. The number of rotatable bonds is 3. The molecule has 0 aromatic heterocycles. The molecule has 0 aromatic rings. The summed E-state index contributed by atoms with van der Waals surface area (Å²) < 4.78 is 0. The van der Waals surface area contributed by atoms with E-state index in [1.165, 1.54) is 19.3 Å². The molecule has 0 aromatic carbocycles. The average Bonchev–Trinajstić information content (AvgIpc) is 3.01. The summed E-state index contributed by atoms with van der Waals surface area (Å²) in [6.45, 7) is 4.56. The third-order valence-electron chi connectivity index (χ3n) is 5.78. The molecule has 3 aliphatic rings. The van der Waals surface area contributed by atoms with E-state index < -0.39 is 0 Å². The lowest BCUT2D eigenvalue weighted by atomic mass is 9.73. The predicted molar refractivity (Wildman–Crippen MR) is 81.7 cm³/mol. The summed E-state index contributed by atoms with van der Waals surface area (Å²) in [6, 6.07) is 0.258. The van der Waals surface area contributed by atoms with Gasteiger partial charge in [-0.25, -0.2) is 0 Å². The van der Waals surface area contributed by atoms with Gasteiger partial charge in [-0.15, -0.1) is 0 Å². The first kappa shape index (κ1) is 15.0. The van der Waals surface area contributed by atoms with Gasteiger partial charge < -0.3 is 5.32 Å². The first-order valence-electron chi connectivity index (χ1n) is 8.61. The molecule has 21 heavy (non-hydrogen) atoms. The SMILES string of the molecule is CC1(C)CCCCC1NC1CC(=O)N(C2CCCC2)C1=O. The van der Waals surface area contributed by atoms with E-state index in [0.29, 0.717) is 12.5 Å². The van der Waals surface area contributed by atoms with Crippen LogP contribution in [0.25, 0.3) is 0 Å². The molecule has 2 unspecified atom stereocenters. The fraction of sp³-hybridized carbons (Fsp3) is 0.882. The second kappa shape index (κ2) is 5.71. The Morgan fingerprint density at radius 3 is 2.38 bits per heavy atom. The summed E-state index contributed by atoms with van der Waals surface area (Å²) in [5.74, 6) is 0.0753. The molecule has 3 fully saturated rings. The van der Waals surface area contributed by atoms with Crippen LogP contribution in [0.5, 0.6) is 0 Å². The lowest BCUT2D eigenvalue weighted by Gasteiger charge is -2.40. The molecule has 0 bridgehead atoms. The van der Waals surface area contributed by atoms with E-state index in [-0.39, 0.29) is 29.3 Å². The van der Waals surface area contributed by atoms with Gasteiger partial charge in [0.2, 0.25) is 11.8 Å². The third kappa shape index (κ3) is 2.87. The summed E-state index contributed by atoms with van der Waals surface area (Å²) >= 11 is 0. The highest BCUT2D eigenvalue weighted by Crippen LogP contribution is 2.36. The van der Waals surface area contributed by atoms with Gasteiger partial charge in [-0.3, -0.25) is 14.5 Å². The Bertz CT molecular complexity index is 427. The Morgan fingerprint density at radius 1 is 1.05 bits per heavy atom. The van der Waals surface area contributed by atoms with E-state index in [2.05, 4.69) is 19.2 Å². The molecule has 1 N–H and O–H groups in total. The van der Waals surface area contributed by atoms with Crippen LogP contribution in [-0.4, -0.2) is 34.8 Å². The largest absolute Gasteiger partial charge is 0.302 e. The van der Waals surface area contributed by atoms with Crippen LogP contribution < -0.4 is 5.32 Å². The van der Waals surface area contributed by atoms with E-state index >= 15 is 0 Å². The van der Waals surface area contributed by atoms with Gasteiger partial charge in [-0.2, -0.15) is 0 Å². The number of hydrogen-bond donors (Lipinski definition) is 1. The molecule has 2 saturated carbocycles. The minimum Gasteiger partial charge on any atom is -0.302 e. The van der Waals surface area contributed by atoms with E-state index in [1.807, 2.05) is 0 Å². The van der Waals surface area contributed by atoms with Crippen molar-refractivity contribution in [2.45, 2.75) is 89.8 Å². The second-order valence-corrected chi connectivity index (χ2v) is 7.75. The van der Waals surface area contributed by atoms with Crippen molar-refractivity contribution in [2.24, 2.45) is 5.41 Å². The molecule has 1 heterocycles. The number of carbonyl (C=O) groups is 2. The van der Waals surface area contributed by atoms with Gasteiger partial charge in [0.1, 0.15) is 0 Å². The Kier molecular flexibility index (Phi) is 4.08. The van der Waals surface area contributed by atoms with Crippen LogP contribution in [0.15, 0.2) is 0 Å². The van der Waals surface area contributed by atoms with E-state index in [1.54, 1.807) is 4.90 Å². The number of nitrogens with one attached hydrogen (secondary N) is 1. The fourth-order valence-electron chi connectivity index (χ4n) is 4.37. The van der Waals surface area contributed by atoms with E-state index in [4.69, 9.17) is 0 Å². The summed E-state index contributed by atoms with van der Waals surface area (Å²) in [4.78, 5) is 26.5. The molecular formula is C17H28N2O2. The molecule has 1 saturated heterocycles. The number of carbonyl (C=O) groups excluding carboxylic acids is 2. The van der Waals surface area contributed by atoms with Gasteiger partial charge in [0, 0.05) is 12.1 Å². The normalized spacial score (nSPS) is 33.9. The summed E-state index contributed by atoms with van der Waals surface area (Å²) in [5.41, 5.74) is 0.225. The molecule has 0 spiro atoms. The fourth-order valence-corrected chi connectivity index (χ4v) is 4.37. The van der Waals surface area contributed by atoms with Crippen LogP contribution in [0.3, 0.4) is 0 Å². The minimum absolute atomic E-state index is 0.0354. The number of hydrogen-bond acceptors (Lipinski definition) is 3.